The third-order valence-corrected chi connectivity index (χ3v) is 3.13. The van der Waals surface area contributed by atoms with Crippen molar-refractivity contribution >= 4 is 23.0 Å². The molecule has 6 heteroatoms. The Labute approximate surface area is 127 Å². The number of halogens is 1. The van der Waals surface area contributed by atoms with Crippen LogP contribution in [-0.2, 0) is 6.54 Å². The monoisotopic (exact) mass is 306 g/mol. The van der Waals surface area contributed by atoms with E-state index in [1.165, 1.54) is 0 Å². The molecular formula is C15H15ClN2O3. The van der Waals surface area contributed by atoms with Gasteiger partial charge < -0.3 is 10.1 Å². The van der Waals surface area contributed by atoms with E-state index >= 15 is 0 Å². The molecule has 2 aromatic rings. The fourth-order valence-corrected chi connectivity index (χ4v) is 2.05. The lowest BCUT2D eigenvalue weighted by molar-refractivity contribution is -0.384. The molecule has 1 N–H and O–H groups in total. The number of rotatable bonds is 6. The van der Waals surface area contributed by atoms with E-state index in [1.807, 2.05) is 12.1 Å². The second-order valence-electron chi connectivity index (χ2n) is 4.32. The minimum Gasteiger partial charge on any atom is -0.487 e. The van der Waals surface area contributed by atoms with Crippen LogP contribution in [0.3, 0.4) is 0 Å². The summed E-state index contributed by atoms with van der Waals surface area (Å²) in [5.41, 5.74) is 1.37. The van der Waals surface area contributed by atoms with E-state index in [2.05, 4.69) is 5.32 Å². The van der Waals surface area contributed by atoms with Crippen LogP contribution in [0.2, 0.25) is 5.02 Å². The van der Waals surface area contributed by atoms with Gasteiger partial charge in [-0.3, -0.25) is 10.1 Å². The highest BCUT2D eigenvalue weighted by Gasteiger charge is 2.20. The molecule has 0 atom stereocenters. The third-order valence-electron chi connectivity index (χ3n) is 2.88. The molecule has 0 saturated carbocycles. The van der Waals surface area contributed by atoms with E-state index in [0.29, 0.717) is 23.9 Å². The molecule has 0 unspecified atom stereocenters. The van der Waals surface area contributed by atoms with Crippen molar-refractivity contribution in [1.82, 2.24) is 0 Å². The lowest BCUT2D eigenvalue weighted by Crippen LogP contribution is -2.04. The number of nitro groups is 1. The van der Waals surface area contributed by atoms with Gasteiger partial charge in [-0.05, 0) is 36.8 Å². The highest BCUT2D eigenvalue weighted by atomic mass is 35.5. The van der Waals surface area contributed by atoms with Crippen LogP contribution in [0, 0.1) is 10.1 Å². The predicted molar refractivity (Wildman–Crippen MR) is 83.0 cm³/mol. The number of nitrogens with zero attached hydrogens (tertiary/aromatic N) is 1. The van der Waals surface area contributed by atoms with Gasteiger partial charge in [-0.2, -0.15) is 0 Å². The van der Waals surface area contributed by atoms with Crippen molar-refractivity contribution in [3.05, 3.63) is 63.2 Å². The highest BCUT2D eigenvalue weighted by molar-refractivity contribution is 6.30. The number of anilines is 1. The molecule has 0 saturated heterocycles. The first kappa shape index (κ1) is 15.1. The maximum absolute atomic E-state index is 11.2. The Bertz CT molecular complexity index is 629. The summed E-state index contributed by atoms with van der Waals surface area (Å²) in [4.78, 5) is 10.8. The molecule has 0 aliphatic carbocycles. The largest absolute Gasteiger partial charge is 0.487 e. The first-order valence-corrected chi connectivity index (χ1v) is 6.88. The fraction of sp³-hybridized carbons (Fsp3) is 0.200. The molecule has 0 amide bonds. The van der Waals surface area contributed by atoms with Crippen molar-refractivity contribution < 1.29 is 9.66 Å². The lowest BCUT2D eigenvalue weighted by Gasteiger charge is -2.10. The minimum absolute atomic E-state index is 0.0479. The Balaban J connectivity index is 2.21. The summed E-state index contributed by atoms with van der Waals surface area (Å²) >= 11 is 5.82. The maximum Gasteiger partial charge on any atom is 0.333 e. The van der Waals surface area contributed by atoms with E-state index in [1.54, 1.807) is 37.3 Å². The molecule has 0 aromatic heterocycles. The molecule has 0 aliphatic heterocycles. The van der Waals surface area contributed by atoms with Crippen LogP contribution in [0.25, 0.3) is 0 Å². The Morgan fingerprint density at radius 2 is 1.95 bits per heavy atom. The molecule has 0 aliphatic rings. The number of nitrogens with one attached hydrogen (secondary N) is 1. The first-order valence-electron chi connectivity index (χ1n) is 6.50. The van der Waals surface area contributed by atoms with Gasteiger partial charge >= 0.3 is 5.69 Å². The van der Waals surface area contributed by atoms with Crippen LogP contribution in [0.15, 0.2) is 42.5 Å². The molecule has 0 spiro atoms. The van der Waals surface area contributed by atoms with E-state index < -0.39 is 4.92 Å². The summed E-state index contributed by atoms with van der Waals surface area (Å²) in [6.45, 7) is 2.63. The van der Waals surface area contributed by atoms with Crippen LogP contribution in [0.5, 0.6) is 5.75 Å². The van der Waals surface area contributed by atoms with Crippen molar-refractivity contribution in [2.45, 2.75) is 13.5 Å². The Hall–Kier alpha value is -2.27. The smallest absolute Gasteiger partial charge is 0.333 e. The van der Waals surface area contributed by atoms with Crippen molar-refractivity contribution in [2.75, 3.05) is 11.9 Å². The molecule has 2 aromatic carbocycles. The van der Waals surface area contributed by atoms with Gasteiger partial charge in [-0.15, -0.1) is 0 Å². The second kappa shape index (κ2) is 6.95. The average Bonchev–Trinajstić information content (AvgIpc) is 2.47. The highest BCUT2D eigenvalue weighted by Crippen LogP contribution is 2.35. The van der Waals surface area contributed by atoms with Gasteiger partial charge in [0, 0.05) is 11.6 Å². The lowest BCUT2D eigenvalue weighted by atomic mass is 10.2. The van der Waals surface area contributed by atoms with Crippen LogP contribution < -0.4 is 10.1 Å². The van der Waals surface area contributed by atoms with Crippen molar-refractivity contribution in [3.8, 4) is 5.75 Å². The normalized spacial score (nSPS) is 10.2. The first-order chi connectivity index (χ1) is 10.1. The fourth-order valence-electron chi connectivity index (χ4n) is 1.92. The Kier molecular flexibility index (Phi) is 5.00. The summed E-state index contributed by atoms with van der Waals surface area (Å²) in [5, 5.41) is 15.0. The number of ether oxygens (including phenoxy) is 1. The summed E-state index contributed by atoms with van der Waals surface area (Å²) in [5.74, 6) is 0.267. The van der Waals surface area contributed by atoms with Gasteiger partial charge in [0.2, 0.25) is 0 Å². The number of nitro benzene ring substituents is 1. The Morgan fingerprint density at radius 1 is 1.24 bits per heavy atom. The number of para-hydroxylation sites is 1. The molecule has 21 heavy (non-hydrogen) atoms. The average molecular weight is 307 g/mol. The standard InChI is InChI=1S/C15H15ClN2O3/c1-2-21-14-5-3-4-13(15(14)18(19)20)17-10-11-6-8-12(16)9-7-11/h3-9,17H,2,10H2,1H3. The Morgan fingerprint density at radius 3 is 2.57 bits per heavy atom. The molecule has 0 heterocycles. The molecule has 0 fully saturated rings. The summed E-state index contributed by atoms with van der Waals surface area (Å²) < 4.78 is 5.31. The van der Waals surface area contributed by atoms with E-state index in [4.69, 9.17) is 16.3 Å². The zero-order chi connectivity index (χ0) is 15.2. The summed E-state index contributed by atoms with van der Waals surface area (Å²) in [6.07, 6.45) is 0. The van der Waals surface area contributed by atoms with Gasteiger partial charge in [0.25, 0.3) is 0 Å². The van der Waals surface area contributed by atoms with Crippen LogP contribution in [-0.4, -0.2) is 11.5 Å². The zero-order valence-electron chi connectivity index (χ0n) is 11.5. The molecular weight excluding hydrogens is 292 g/mol. The molecule has 0 radical (unpaired) electrons. The third kappa shape index (κ3) is 3.86. The van der Waals surface area contributed by atoms with E-state index in [-0.39, 0.29) is 11.4 Å². The number of benzene rings is 2. The quantitative estimate of drug-likeness (QED) is 0.640. The number of hydrogen-bond acceptors (Lipinski definition) is 4. The van der Waals surface area contributed by atoms with E-state index in [9.17, 15) is 10.1 Å². The molecule has 110 valence electrons. The van der Waals surface area contributed by atoms with Crippen molar-refractivity contribution in [3.63, 3.8) is 0 Å². The topological polar surface area (TPSA) is 64.4 Å². The van der Waals surface area contributed by atoms with Crippen LogP contribution in [0.4, 0.5) is 11.4 Å². The predicted octanol–water partition coefficient (Wildman–Crippen LogP) is 4.26. The zero-order valence-corrected chi connectivity index (χ0v) is 12.3. The SMILES string of the molecule is CCOc1cccc(NCc2ccc(Cl)cc2)c1[N+](=O)[O-]. The molecule has 5 nitrogen and oxygen atoms in total. The van der Waals surface area contributed by atoms with Crippen molar-refractivity contribution in [2.24, 2.45) is 0 Å². The summed E-state index contributed by atoms with van der Waals surface area (Å²) in [6, 6.07) is 12.3. The van der Waals surface area contributed by atoms with Gasteiger partial charge in [-0.25, -0.2) is 0 Å². The van der Waals surface area contributed by atoms with Gasteiger partial charge in [0.15, 0.2) is 5.75 Å². The minimum atomic E-state index is -0.435. The van der Waals surface area contributed by atoms with Crippen LogP contribution in [0.1, 0.15) is 12.5 Å². The molecule has 0 bridgehead atoms. The van der Waals surface area contributed by atoms with Gasteiger partial charge in [-0.1, -0.05) is 29.8 Å². The second-order valence-corrected chi connectivity index (χ2v) is 4.76. The van der Waals surface area contributed by atoms with Crippen LogP contribution >= 0.6 is 11.6 Å². The summed E-state index contributed by atoms with van der Waals surface area (Å²) in [7, 11) is 0. The maximum atomic E-state index is 11.2. The number of hydrogen-bond donors (Lipinski definition) is 1. The van der Waals surface area contributed by atoms with Crippen molar-refractivity contribution in [1.29, 1.82) is 0 Å². The van der Waals surface area contributed by atoms with E-state index in [0.717, 1.165) is 5.56 Å². The van der Waals surface area contributed by atoms with Gasteiger partial charge in [0.1, 0.15) is 5.69 Å². The molecule has 2 rings (SSSR count). The van der Waals surface area contributed by atoms with Gasteiger partial charge in [0.05, 0.1) is 11.5 Å².